The number of esters is 1. The van der Waals surface area contributed by atoms with E-state index in [1.807, 2.05) is 13.8 Å². The van der Waals surface area contributed by atoms with Crippen LogP contribution in [0.4, 0.5) is 0 Å². The number of carbonyl (C=O) groups is 2. The maximum absolute atomic E-state index is 13.3. The quantitative estimate of drug-likeness (QED) is 0.287. The molecule has 152 valence electrons. The van der Waals surface area contributed by atoms with Crippen LogP contribution in [0, 0.1) is 17.8 Å². The van der Waals surface area contributed by atoms with Gasteiger partial charge in [-0.1, -0.05) is 32.8 Å². The van der Waals surface area contributed by atoms with Crippen LogP contribution < -0.4 is 9.47 Å². The van der Waals surface area contributed by atoms with Gasteiger partial charge in [0.1, 0.15) is 23.0 Å². The Morgan fingerprint density at radius 2 is 1.59 bits per heavy atom. The van der Waals surface area contributed by atoms with Crippen LogP contribution in [0.1, 0.15) is 49.9 Å². The van der Waals surface area contributed by atoms with Gasteiger partial charge in [-0.05, 0) is 36.8 Å². The van der Waals surface area contributed by atoms with Gasteiger partial charge in [0.15, 0.2) is 5.78 Å². The topological polar surface area (TPSA) is 78.9 Å². The number of carbonyl (C=O) groups excluding carboxylic acids is 2. The number of hydrogen-bond acceptors (Lipinski definition) is 6. The number of ketones is 1. The van der Waals surface area contributed by atoms with Gasteiger partial charge in [0.25, 0.3) is 0 Å². The van der Waals surface area contributed by atoms with Crippen LogP contribution in [0.5, 0.6) is 11.5 Å². The number of Topliss-reactive ketones (excluding diaryl/α,β-unsaturated/α-hetero) is 1. The minimum absolute atomic E-state index is 0.0155. The Bertz CT molecular complexity index is 603. The number of methoxy groups -OCH3 is 2. The highest BCUT2D eigenvalue weighted by Crippen LogP contribution is 2.38. The molecular weight excluding hydrogens is 367 g/mol. The lowest BCUT2D eigenvalue weighted by Gasteiger charge is -2.23. The summed E-state index contributed by atoms with van der Waals surface area (Å²) in [6.45, 7) is 4.27. The zero-order valence-electron chi connectivity index (χ0n) is 16.7. The van der Waals surface area contributed by atoms with Crippen LogP contribution in [0.25, 0.3) is 0 Å². The summed E-state index contributed by atoms with van der Waals surface area (Å²) in [4.78, 5) is 26.0. The van der Waals surface area contributed by atoms with Crippen molar-refractivity contribution in [2.24, 2.45) is 17.8 Å². The van der Waals surface area contributed by atoms with Gasteiger partial charge in [0, 0.05) is 0 Å². The van der Waals surface area contributed by atoms with Gasteiger partial charge >= 0.3 is 5.97 Å². The van der Waals surface area contributed by atoms with Gasteiger partial charge in [-0.25, -0.2) is 0 Å². The summed E-state index contributed by atoms with van der Waals surface area (Å²) in [6.07, 6.45) is 3.80. The molecule has 1 aliphatic rings. The first-order chi connectivity index (χ1) is 13.0. The van der Waals surface area contributed by atoms with E-state index >= 15 is 0 Å². The van der Waals surface area contributed by atoms with E-state index in [4.69, 9.17) is 18.8 Å². The van der Waals surface area contributed by atoms with E-state index in [-0.39, 0.29) is 17.6 Å². The molecule has 0 aliphatic heterocycles. The molecule has 0 spiro atoms. The molecule has 0 aromatic heterocycles. The summed E-state index contributed by atoms with van der Waals surface area (Å²) < 4.78 is 24.4. The van der Waals surface area contributed by atoms with E-state index in [0.717, 1.165) is 25.7 Å². The second kappa shape index (κ2) is 11.8. The third kappa shape index (κ3) is 6.10. The molecule has 0 saturated heterocycles. The molecule has 1 aromatic rings. The molecule has 1 fully saturated rings. The molecule has 1 aromatic carbocycles. The first-order valence-corrected chi connectivity index (χ1v) is 9.78. The normalized spacial score (nSPS) is 15.0. The van der Waals surface area contributed by atoms with Crippen molar-refractivity contribution in [3.8, 4) is 11.5 Å². The Labute approximate surface area is 163 Å². The van der Waals surface area contributed by atoms with Gasteiger partial charge in [0.2, 0.25) is 0 Å². The first-order valence-electron chi connectivity index (χ1n) is 9.20. The summed E-state index contributed by atoms with van der Waals surface area (Å²) >= 11 is 0. The Kier molecular flexibility index (Phi) is 10.2. The van der Waals surface area contributed by atoms with Crippen LogP contribution >= 0.6 is 9.12 Å². The molecule has 1 saturated carbocycles. The maximum atomic E-state index is 13.3. The predicted molar refractivity (Wildman–Crippen MR) is 107 cm³/mol. The highest BCUT2D eigenvalue weighted by molar-refractivity contribution is 7.00. The van der Waals surface area contributed by atoms with E-state index in [9.17, 15) is 9.59 Å². The molecular formula is C20H31O6P. The van der Waals surface area contributed by atoms with E-state index in [1.165, 1.54) is 14.2 Å². The van der Waals surface area contributed by atoms with Crippen molar-refractivity contribution < 1.29 is 28.4 Å². The number of hydrogen-bond donors (Lipinski definition) is 0. The molecule has 0 bridgehead atoms. The SMILES string of the molecule is COc1cccc(OC)c1C(=O)C(C(=O)OCC(C)C)C1CCCC1.O=[PH3]. The Morgan fingerprint density at radius 1 is 1.07 bits per heavy atom. The summed E-state index contributed by atoms with van der Waals surface area (Å²) in [6, 6.07) is 5.18. The zero-order chi connectivity index (χ0) is 20.4. The fraction of sp³-hybridized carbons (Fsp3) is 0.600. The van der Waals surface area contributed by atoms with Crippen molar-refractivity contribution in [3.05, 3.63) is 23.8 Å². The largest absolute Gasteiger partial charge is 0.496 e. The van der Waals surface area contributed by atoms with Gasteiger partial charge < -0.3 is 18.8 Å². The monoisotopic (exact) mass is 398 g/mol. The minimum Gasteiger partial charge on any atom is -0.496 e. The van der Waals surface area contributed by atoms with E-state index in [2.05, 4.69) is 0 Å². The average molecular weight is 398 g/mol. The molecule has 6 nitrogen and oxygen atoms in total. The minimum atomic E-state index is -0.800. The number of benzene rings is 1. The second-order valence-corrected chi connectivity index (χ2v) is 6.95. The van der Waals surface area contributed by atoms with E-state index < -0.39 is 11.9 Å². The van der Waals surface area contributed by atoms with Crippen LogP contribution in [-0.2, 0) is 14.1 Å². The summed E-state index contributed by atoms with van der Waals surface area (Å²) in [5.41, 5.74) is 0.325. The van der Waals surface area contributed by atoms with Crippen LogP contribution in [0.2, 0.25) is 0 Å². The highest BCUT2D eigenvalue weighted by atomic mass is 31.0. The highest BCUT2D eigenvalue weighted by Gasteiger charge is 2.40. The maximum Gasteiger partial charge on any atom is 0.317 e. The van der Waals surface area contributed by atoms with Gasteiger partial charge in [-0.15, -0.1) is 0 Å². The lowest BCUT2D eigenvalue weighted by Crippen LogP contribution is -2.33. The van der Waals surface area contributed by atoms with Gasteiger partial charge in [-0.3, -0.25) is 9.59 Å². The van der Waals surface area contributed by atoms with Crippen molar-refractivity contribution in [1.82, 2.24) is 0 Å². The second-order valence-electron chi connectivity index (χ2n) is 6.95. The third-order valence-electron chi connectivity index (χ3n) is 4.64. The molecule has 27 heavy (non-hydrogen) atoms. The number of rotatable bonds is 8. The Balaban J connectivity index is 0.00000176. The summed E-state index contributed by atoms with van der Waals surface area (Å²) in [7, 11) is 3.63. The Morgan fingerprint density at radius 3 is 2.04 bits per heavy atom. The van der Waals surface area contributed by atoms with Crippen LogP contribution in [0.15, 0.2) is 18.2 Å². The fourth-order valence-corrected chi connectivity index (χ4v) is 3.39. The summed E-state index contributed by atoms with van der Waals surface area (Å²) in [5.74, 6) is -0.418. The average Bonchev–Trinajstić information content (AvgIpc) is 3.21. The zero-order valence-corrected chi connectivity index (χ0v) is 18.1. The molecule has 0 amide bonds. The van der Waals surface area contributed by atoms with Gasteiger partial charge in [0.05, 0.1) is 29.9 Å². The van der Waals surface area contributed by atoms with Crippen LogP contribution in [0.3, 0.4) is 0 Å². The van der Waals surface area contributed by atoms with Crippen LogP contribution in [-0.4, -0.2) is 32.6 Å². The molecule has 0 N–H and O–H groups in total. The molecule has 2 atom stereocenters. The van der Waals surface area contributed by atoms with E-state index in [1.54, 1.807) is 18.2 Å². The van der Waals surface area contributed by atoms with Crippen molar-refractivity contribution in [2.45, 2.75) is 39.5 Å². The molecule has 2 unspecified atom stereocenters. The van der Waals surface area contributed by atoms with Gasteiger partial charge in [-0.2, -0.15) is 0 Å². The lowest BCUT2D eigenvalue weighted by molar-refractivity contribution is -0.149. The molecule has 7 heteroatoms. The van der Waals surface area contributed by atoms with E-state index in [0.29, 0.717) is 32.8 Å². The Hall–Kier alpha value is -1.81. The predicted octanol–water partition coefficient (Wildman–Crippen LogP) is 3.83. The smallest absolute Gasteiger partial charge is 0.317 e. The van der Waals surface area contributed by atoms with Crippen molar-refractivity contribution in [2.75, 3.05) is 20.8 Å². The first kappa shape index (κ1) is 23.2. The molecule has 1 aliphatic carbocycles. The molecule has 0 radical (unpaired) electrons. The standard InChI is InChI=1S/C20H28O5.H3OP/c1-13(2)12-25-20(22)17(14-8-5-6-9-14)19(21)18-15(23-3)10-7-11-16(18)24-4;1-2/h7,10-11,13-14,17H,5-6,8-9,12H2,1-4H3;2H3. The summed E-state index contributed by atoms with van der Waals surface area (Å²) in [5, 5.41) is 0. The van der Waals surface area contributed by atoms with Crippen molar-refractivity contribution >= 4 is 20.9 Å². The molecule has 2 rings (SSSR count). The fourth-order valence-electron chi connectivity index (χ4n) is 3.39. The molecule has 0 heterocycles. The van der Waals surface area contributed by atoms with Crippen molar-refractivity contribution in [1.29, 1.82) is 0 Å². The number of ether oxygens (including phenoxy) is 3. The third-order valence-corrected chi connectivity index (χ3v) is 4.64. The lowest BCUT2D eigenvalue weighted by atomic mass is 9.84. The van der Waals surface area contributed by atoms with Crippen molar-refractivity contribution in [3.63, 3.8) is 0 Å².